The zero-order chi connectivity index (χ0) is 68.9. The molecule has 4 aliphatic rings. The monoisotopic (exact) mass is 1310 g/mol. The molecule has 4 heteroatoms. The van der Waals surface area contributed by atoms with Crippen LogP contribution in [0.25, 0.3) is 67.4 Å². The van der Waals surface area contributed by atoms with Crippen LogP contribution in [0.1, 0.15) is 220 Å². The molecule has 12 aromatic rings. The highest BCUT2D eigenvalue weighted by Gasteiger charge is 2.36. The summed E-state index contributed by atoms with van der Waals surface area (Å²) in [6.45, 7) is 8.88. The molecule has 100 heavy (non-hydrogen) atoms. The standard InChI is InChI=1S/4C24H24O/c4*1-2-3-9-19-16-18-11-5-7-14-21(18)23(19)24(25)22-15-8-12-17-10-4-6-13-20(17)22/h4*4-8,10-16,23-25H,2-3,9H2,1H3/t4*23-,24+/m1100/s1. The first-order chi connectivity index (χ1) is 49.2. The summed E-state index contributed by atoms with van der Waals surface area (Å²) in [6.07, 6.45) is 20.7. The summed E-state index contributed by atoms with van der Waals surface area (Å²) >= 11 is 0. The van der Waals surface area contributed by atoms with E-state index in [0.717, 1.165) is 69.5 Å². The van der Waals surface area contributed by atoms with Crippen LogP contribution in [0.15, 0.2) is 289 Å². The van der Waals surface area contributed by atoms with Gasteiger partial charge in [-0.25, -0.2) is 0 Å². The molecule has 4 N–H and O–H groups in total. The van der Waals surface area contributed by atoms with Crippen molar-refractivity contribution in [3.63, 3.8) is 0 Å². The van der Waals surface area contributed by atoms with Gasteiger partial charge in [-0.05, 0) is 161 Å². The van der Waals surface area contributed by atoms with Crippen LogP contribution in [0.2, 0.25) is 0 Å². The zero-order valence-electron chi connectivity index (χ0n) is 58.6. The van der Waals surface area contributed by atoms with Gasteiger partial charge in [0, 0.05) is 23.7 Å². The molecule has 12 aromatic carbocycles. The van der Waals surface area contributed by atoms with E-state index in [4.69, 9.17) is 0 Å². The van der Waals surface area contributed by atoms with Gasteiger partial charge in [0.2, 0.25) is 0 Å². The van der Waals surface area contributed by atoms with Crippen molar-refractivity contribution in [3.05, 3.63) is 356 Å². The molecule has 0 spiro atoms. The fraction of sp³-hybridized carbons (Fsp3) is 0.250. The summed E-state index contributed by atoms with van der Waals surface area (Å²) < 4.78 is 0. The van der Waals surface area contributed by atoms with Crippen LogP contribution in [-0.2, 0) is 0 Å². The first kappa shape index (κ1) is 69.0. The Balaban J connectivity index is 0.000000119. The van der Waals surface area contributed by atoms with Crippen molar-refractivity contribution < 1.29 is 20.4 Å². The van der Waals surface area contributed by atoms with Crippen molar-refractivity contribution in [1.29, 1.82) is 0 Å². The van der Waals surface area contributed by atoms with E-state index in [1.165, 1.54) is 140 Å². The predicted molar refractivity (Wildman–Crippen MR) is 422 cm³/mol. The number of aliphatic hydroxyl groups is 4. The van der Waals surface area contributed by atoms with E-state index in [9.17, 15) is 20.4 Å². The highest BCUT2D eigenvalue weighted by molar-refractivity contribution is 5.90. The second-order valence-corrected chi connectivity index (χ2v) is 27.8. The molecule has 0 aromatic heterocycles. The summed E-state index contributed by atoms with van der Waals surface area (Å²) in [5, 5.41) is 54.9. The molecule has 0 fully saturated rings. The maximum absolute atomic E-state index is 11.4. The fourth-order valence-electron chi connectivity index (χ4n) is 16.3. The third-order valence-electron chi connectivity index (χ3n) is 21.4. The van der Waals surface area contributed by atoms with Gasteiger partial charge in [0.05, 0.1) is 24.4 Å². The quantitative estimate of drug-likeness (QED) is 0.0613. The Bertz CT molecular complexity index is 4290. The molecular weight excluding hydrogens is 1220 g/mol. The van der Waals surface area contributed by atoms with Gasteiger partial charge in [-0.1, -0.05) is 367 Å². The van der Waals surface area contributed by atoms with Crippen molar-refractivity contribution in [2.75, 3.05) is 0 Å². The topological polar surface area (TPSA) is 80.9 Å². The van der Waals surface area contributed by atoms with Crippen LogP contribution in [0.3, 0.4) is 0 Å². The van der Waals surface area contributed by atoms with Gasteiger partial charge in [0.15, 0.2) is 0 Å². The Morgan fingerprint density at radius 3 is 0.640 bits per heavy atom. The molecule has 0 unspecified atom stereocenters. The maximum Gasteiger partial charge on any atom is 0.0902 e. The number of benzene rings is 12. The van der Waals surface area contributed by atoms with E-state index in [-0.39, 0.29) is 23.7 Å². The Morgan fingerprint density at radius 1 is 0.230 bits per heavy atom. The lowest BCUT2D eigenvalue weighted by Crippen LogP contribution is -2.12. The third kappa shape index (κ3) is 14.7. The van der Waals surface area contributed by atoms with Crippen molar-refractivity contribution in [2.45, 2.75) is 153 Å². The van der Waals surface area contributed by atoms with E-state index < -0.39 is 24.4 Å². The SMILES string of the molecule is CCCCC1=Cc2ccccc2[C@@H]1[C@@H](O)c1cccc2ccccc12.CCCCC1=Cc2ccccc2[C@@H]1[C@@H](O)c1cccc2ccccc12.CCCCC1=Cc2ccccc2[C@H]1[C@H](O)c1cccc2ccccc12.CCCCC1=Cc2ccccc2[C@H]1[C@H](O)c1cccc2ccccc12. The Morgan fingerprint density at radius 2 is 0.420 bits per heavy atom. The molecule has 504 valence electrons. The van der Waals surface area contributed by atoms with Gasteiger partial charge >= 0.3 is 0 Å². The van der Waals surface area contributed by atoms with E-state index in [0.29, 0.717) is 0 Å². The van der Waals surface area contributed by atoms with Gasteiger partial charge in [-0.15, -0.1) is 0 Å². The predicted octanol–water partition coefficient (Wildman–Crippen LogP) is 25.0. The Hall–Kier alpha value is -9.52. The third-order valence-corrected chi connectivity index (χ3v) is 21.4. The van der Waals surface area contributed by atoms with Crippen LogP contribution < -0.4 is 0 Å². The van der Waals surface area contributed by atoms with Crippen molar-refractivity contribution >= 4 is 67.4 Å². The highest BCUT2D eigenvalue weighted by Crippen LogP contribution is 2.52. The molecule has 4 nitrogen and oxygen atoms in total. The number of hydrogen-bond donors (Lipinski definition) is 4. The minimum absolute atomic E-state index is 0.0635. The first-order valence-corrected chi connectivity index (χ1v) is 37.0. The minimum Gasteiger partial charge on any atom is -0.387 e. The highest BCUT2D eigenvalue weighted by atomic mass is 16.3. The maximum atomic E-state index is 11.4. The van der Waals surface area contributed by atoms with Crippen LogP contribution in [0, 0.1) is 0 Å². The van der Waals surface area contributed by atoms with Crippen LogP contribution in [0.4, 0.5) is 0 Å². The second-order valence-electron chi connectivity index (χ2n) is 27.8. The van der Waals surface area contributed by atoms with E-state index >= 15 is 0 Å². The zero-order valence-corrected chi connectivity index (χ0v) is 58.6. The van der Waals surface area contributed by atoms with E-state index in [2.05, 4.69) is 319 Å². The van der Waals surface area contributed by atoms with E-state index in [1.54, 1.807) is 0 Å². The summed E-state index contributed by atoms with van der Waals surface area (Å²) in [7, 11) is 0. The summed E-state index contributed by atoms with van der Waals surface area (Å²) in [4.78, 5) is 0. The second kappa shape index (κ2) is 32.6. The molecule has 0 saturated carbocycles. The molecule has 0 amide bonds. The smallest absolute Gasteiger partial charge is 0.0902 e. The number of hydrogen-bond acceptors (Lipinski definition) is 4. The average molecular weight is 1310 g/mol. The molecule has 8 atom stereocenters. The van der Waals surface area contributed by atoms with Crippen LogP contribution >= 0.6 is 0 Å². The lowest BCUT2D eigenvalue weighted by Gasteiger charge is -2.25. The molecular formula is C96H96O4. The minimum atomic E-state index is -0.516. The molecule has 0 radical (unpaired) electrons. The lowest BCUT2D eigenvalue weighted by molar-refractivity contribution is 0.158. The molecule has 0 saturated heterocycles. The Kier molecular flexibility index (Phi) is 22.5. The summed E-state index contributed by atoms with van der Waals surface area (Å²) in [5.41, 5.74) is 19.7. The largest absolute Gasteiger partial charge is 0.387 e. The lowest BCUT2D eigenvalue weighted by atomic mass is 9.83. The van der Waals surface area contributed by atoms with Gasteiger partial charge in [0.25, 0.3) is 0 Å². The number of unbranched alkanes of at least 4 members (excludes halogenated alkanes) is 4. The summed E-state index contributed by atoms with van der Waals surface area (Å²) in [6, 6.07) is 92.3. The molecule has 0 heterocycles. The van der Waals surface area contributed by atoms with Gasteiger partial charge in [-0.3, -0.25) is 0 Å². The van der Waals surface area contributed by atoms with Gasteiger partial charge in [0.1, 0.15) is 0 Å². The van der Waals surface area contributed by atoms with Crippen LogP contribution in [0.5, 0.6) is 0 Å². The van der Waals surface area contributed by atoms with E-state index in [1.807, 2.05) is 0 Å². The fourth-order valence-corrected chi connectivity index (χ4v) is 16.3. The van der Waals surface area contributed by atoms with Gasteiger partial charge < -0.3 is 20.4 Å². The molecule has 4 aliphatic carbocycles. The Labute approximate surface area is 593 Å². The molecule has 0 aliphatic heterocycles. The summed E-state index contributed by atoms with van der Waals surface area (Å²) in [5.74, 6) is 0.254. The number of fused-ring (bicyclic) bond motifs is 8. The average Bonchev–Trinajstić information content (AvgIpc) is 1.62. The number of rotatable bonds is 20. The number of aliphatic hydroxyl groups excluding tert-OH is 4. The van der Waals surface area contributed by atoms with Crippen LogP contribution in [-0.4, -0.2) is 20.4 Å². The van der Waals surface area contributed by atoms with Crippen molar-refractivity contribution in [1.82, 2.24) is 0 Å². The normalized spacial score (nSPS) is 17.4. The first-order valence-electron chi connectivity index (χ1n) is 37.0. The van der Waals surface area contributed by atoms with Gasteiger partial charge in [-0.2, -0.15) is 0 Å². The van der Waals surface area contributed by atoms with Crippen molar-refractivity contribution in [2.24, 2.45) is 0 Å². The molecule has 0 bridgehead atoms. The van der Waals surface area contributed by atoms with Crippen molar-refractivity contribution in [3.8, 4) is 0 Å². The molecule has 16 rings (SSSR count).